The number of nitrogens with one attached hydrogen (secondary N) is 1. The van der Waals surface area contributed by atoms with Crippen LogP contribution in [0.15, 0.2) is 35.7 Å². The Morgan fingerprint density at radius 2 is 2.11 bits per heavy atom. The summed E-state index contributed by atoms with van der Waals surface area (Å²) in [5.74, 6) is -0.610. The van der Waals surface area contributed by atoms with Crippen molar-refractivity contribution in [1.82, 2.24) is 20.5 Å². The molecular formula is C18H17N5O2S2. The summed E-state index contributed by atoms with van der Waals surface area (Å²) in [6.45, 7) is 2.53. The van der Waals surface area contributed by atoms with Gasteiger partial charge in [-0.1, -0.05) is 41.7 Å². The molecule has 0 bridgehead atoms. The van der Waals surface area contributed by atoms with E-state index in [1.165, 1.54) is 11.3 Å². The topological polar surface area (TPSA) is 88.1 Å². The number of hydrogen-bond donors (Lipinski definition) is 1. The lowest BCUT2D eigenvalue weighted by Crippen LogP contribution is -2.32. The molecule has 1 unspecified atom stereocenters. The number of carbonyl (C=O) groups is 2. The molecular weight excluding hydrogens is 382 g/mol. The summed E-state index contributed by atoms with van der Waals surface area (Å²) >= 11 is 2.90. The first-order chi connectivity index (χ1) is 13.1. The molecule has 1 fully saturated rings. The van der Waals surface area contributed by atoms with Crippen molar-refractivity contribution in [2.75, 3.05) is 11.4 Å². The minimum atomic E-state index is -0.381. The number of aromatic nitrogens is 3. The van der Waals surface area contributed by atoms with Crippen molar-refractivity contribution in [2.45, 2.75) is 19.9 Å². The zero-order valence-electron chi connectivity index (χ0n) is 14.6. The van der Waals surface area contributed by atoms with Crippen molar-refractivity contribution in [3.05, 3.63) is 46.4 Å². The van der Waals surface area contributed by atoms with Crippen LogP contribution >= 0.6 is 22.7 Å². The molecule has 1 aliphatic rings. The lowest BCUT2D eigenvalue weighted by atomic mass is 10.1. The van der Waals surface area contributed by atoms with Crippen molar-refractivity contribution in [3.63, 3.8) is 0 Å². The summed E-state index contributed by atoms with van der Waals surface area (Å²) in [6, 6.07) is 9.93. The molecule has 1 N–H and O–H groups in total. The second kappa shape index (κ2) is 7.53. The predicted molar refractivity (Wildman–Crippen MR) is 105 cm³/mol. The van der Waals surface area contributed by atoms with Gasteiger partial charge in [0.2, 0.25) is 16.9 Å². The van der Waals surface area contributed by atoms with E-state index in [-0.39, 0.29) is 24.2 Å². The van der Waals surface area contributed by atoms with Gasteiger partial charge in [-0.25, -0.2) is 4.98 Å². The summed E-state index contributed by atoms with van der Waals surface area (Å²) < 4.78 is 0. The van der Waals surface area contributed by atoms with Crippen molar-refractivity contribution in [1.29, 1.82) is 0 Å². The van der Waals surface area contributed by atoms with Gasteiger partial charge in [-0.15, -0.1) is 21.5 Å². The highest BCUT2D eigenvalue weighted by molar-refractivity contribution is 7.15. The van der Waals surface area contributed by atoms with Crippen molar-refractivity contribution in [2.24, 2.45) is 5.92 Å². The highest BCUT2D eigenvalue weighted by Crippen LogP contribution is 2.28. The molecule has 1 aliphatic heterocycles. The Bertz CT molecular complexity index is 969. The zero-order valence-corrected chi connectivity index (χ0v) is 16.2. The van der Waals surface area contributed by atoms with Gasteiger partial charge >= 0.3 is 0 Å². The van der Waals surface area contributed by atoms with Crippen molar-refractivity contribution in [3.8, 4) is 10.6 Å². The highest BCUT2D eigenvalue weighted by Gasteiger charge is 2.36. The second-order valence-corrected chi connectivity index (χ2v) is 8.26. The molecule has 0 saturated carbocycles. The molecule has 1 aromatic carbocycles. The molecule has 0 spiro atoms. The molecule has 7 nitrogen and oxygen atoms in total. The van der Waals surface area contributed by atoms with Gasteiger partial charge < -0.3 is 5.32 Å². The summed E-state index contributed by atoms with van der Waals surface area (Å²) in [7, 11) is 0. The van der Waals surface area contributed by atoms with Crippen LogP contribution in [-0.2, 0) is 16.1 Å². The smallest absolute Gasteiger partial charge is 0.229 e. The molecule has 3 aromatic rings. The van der Waals surface area contributed by atoms with E-state index in [1.807, 2.05) is 42.6 Å². The van der Waals surface area contributed by atoms with Gasteiger partial charge in [-0.2, -0.15) is 0 Å². The lowest BCUT2D eigenvalue weighted by molar-refractivity contribution is -0.126. The van der Waals surface area contributed by atoms with Gasteiger partial charge in [-0.05, 0) is 6.92 Å². The van der Waals surface area contributed by atoms with Gasteiger partial charge in [-0.3, -0.25) is 14.5 Å². The first-order valence-electron chi connectivity index (χ1n) is 8.48. The average molecular weight is 400 g/mol. The number of thiazole rings is 1. The van der Waals surface area contributed by atoms with Gasteiger partial charge in [0, 0.05) is 23.9 Å². The molecule has 0 radical (unpaired) electrons. The second-order valence-electron chi connectivity index (χ2n) is 6.24. The van der Waals surface area contributed by atoms with E-state index in [2.05, 4.69) is 20.5 Å². The Kier molecular flexibility index (Phi) is 4.95. The van der Waals surface area contributed by atoms with Gasteiger partial charge in [0.05, 0.1) is 18.2 Å². The minimum absolute atomic E-state index is 0.0914. The first kappa shape index (κ1) is 17.7. The van der Waals surface area contributed by atoms with Crippen LogP contribution in [0.2, 0.25) is 0 Å². The Labute approximate surface area is 164 Å². The fourth-order valence-corrected chi connectivity index (χ4v) is 4.43. The lowest BCUT2D eigenvalue weighted by Gasteiger charge is -2.12. The number of aryl methyl sites for hydroxylation is 1. The molecule has 2 aromatic heterocycles. The van der Waals surface area contributed by atoms with E-state index >= 15 is 0 Å². The first-order valence-corrected chi connectivity index (χ1v) is 10.2. The maximum absolute atomic E-state index is 12.5. The third-order valence-corrected chi connectivity index (χ3v) is 6.06. The standard InChI is InChI=1S/C18H17N5O2S2/c1-11-21-22-18(27-11)23-9-13(7-15(23)24)16(25)19-8-14-10-26-17(20-14)12-5-3-2-4-6-12/h2-6,10,13H,7-9H2,1H3,(H,19,25). The quantitative estimate of drug-likeness (QED) is 0.713. The maximum Gasteiger partial charge on any atom is 0.229 e. The molecule has 4 rings (SSSR count). The van der Waals surface area contributed by atoms with Crippen LogP contribution in [-0.4, -0.2) is 33.5 Å². The molecule has 9 heteroatoms. The average Bonchev–Trinajstić information content (AvgIpc) is 3.40. The van der Waals surface area contributed by atoms with Crippen LogP contribution in [0, 0.1) is 12.8 Å². The van der Waals surface area contributed by atoms with E-state index in [0.29, 0.717) is 18.2 Å². The van der Waals surface area contributed by atoms with Crippen LogP contribution in [0.5, 0.6) is 0 Å². The monoisotopic (exact) mass is 399 g/mol. The number of hydrogen-bond acceptors (Lipinski definition) is 7. The van der Waals surface area contributed by atoms with Gasteiger partial charge in [0.15, 0.2) is 0 Å². The molecule has 2 amide bonds. The zero-order chi connectivity index (χ0) is 18.8. The maximum atomic E-state index is 12.5. The summed E-state index contributed by atoms with van der Waals surface area (Å²) in [6.07, 6.45) is 0.191. The number of rotatable bonds is 5. The number of anilines is 1. The van der Waals surface area contributed by atoms with E-state index in [1.54, 1.807) is 16.2 Å². The van der Waals surface area contributed by atoms with Crippen LogP contribution in [0.4, 0.5) is 5.13 Å². The molecule has 0 aliphatic carbocycles. The van der Waals surface area contributed by atoms with Crippen molar-refractivity contribution < 1.29 is 9.59 Å². The molecule has 1 saturated heterocycles. The van der Waals surface area contributed by atoms with E-state index in [9.17, 15) is 9.59 Å². The van der Waals surface area contributed by atoms with Gasteiger partial charge in [0.1, 0.15) is 10.0 Å². The predicted octanol–water partition coefficient (Wildman–Crippen LogP) is 2.64. The molecule has 1 atom stereocenters. The Balaban J connectivity index is 1.35. The number of carbonyl (C=O) groups excluding carboxylic acids is 2. The van der Waals surface area contributed by atoms with Crippen LogP contribution in [0.1, 0.15) is 17.1 Å². The Morgan fingerprint density at radius 1 is 1.30 bits per heavy atom. The molecule has 3 heterocycles. The largest absolute Gasteiger partial charge is 0.350 e. The number of amides is 2. The Morgan fingerprint density at radius 3 is 2.85 bits per heavy atom. The third-order valence-electron chi connectivity index (χ3n) is 4.26. The normalized spacial score (nSPS) is 16.7. The third kappa shape index (κ3) is 3.88. The summed E-state index contributed by atoms with van der Waals surface area (Å²) in [5.41, 5.74) is 1.87. The fraction of sp³-hybridized carbons (Fsp3) is 0.278. The number of nitrogens with zero attached hydrogens (tertiary/aromatic N) is 4. The Hall–Kier alpha value is -2.65. The SMILES string of the molecule is Cc1nnc(N2CC(C(=O)NCc3csc(-c4ccccc4)n3)CC2=O)s1. The molecule has 138 valence electrons. The molecule has 27 heavy (non-hydrogen) atoms. The number of benzene rings is 1. The van der Waals surface area contributed by atoms with Crippen LogP contribution in [0.3, 0.4) is 0 Å². The van der Waals surface area contributed by atoms with Crippen molar-refractivity contribution >= 4 is 39.6 Å². The van der Waals surface area contributed by atoms with E-state index in [4.69, 9.17) is 0 Å². The fourth-order valence-electron chi connectivity index (χ4n) is 2.89. The van der Waals surface area contributed by atoms with Crippen LogP contribution < -0.4 is 10.2 Å². The summed E-state index contributed by atoms with van der Waals surface area (Å²) in [5, 5.41) is 15.1. The van der Waals surface area contributed by atoms with E-state index in [0.717, 1.165) is 21.3 Å². The summed E-state index contributed by atoms with van der Waals surface area (Å²) in [4.78, 5) is 30.8. The minimum Gasteiger partial charge on any atom is -0.350 e. The van der Waals surface area contributed by atoms with E-state index < -0.39 is 0 Å². The van der Waals surface area contributed by atoms with Crippen LogP contribution in [0.25, 0.3) is 10.6 Å². The highest BCUT2D eigenvalue weighted by atomic mass is 32.1. The van der Waals surface area contributed by atoms with Gasteiger partial charge in [0.25, 0.3) is 0 Å².